The van der Waals surface area contributed by atoms with Gasteiger partial charge in [0.15, 0.2) is 0 Å². The zero-order valence-corrected chi connectivity index (χ0v) is 47.0. The third-order valence-corrected chi connectivity index (χ3v) is 23.4. The first kappa shape index (κ1) is 45.1. The highest BCUT2D eigenvalue weighted by Gasteiger charge is 2.68. The summed E-state index contributed by atoms with van der Waals surface area (Å²) in [5.41, 5.74) is 22.7. The Kier molecular flexibility index (Phi) is 8.63. The Balaban J connectivity index is 1.06. The van der Waals surface area contributed by atoms with Crippen molar-refractivity contribution in [2.24, 2.45) is 41.4 Å². The maximum atomic E-state index is 2.85. The Morgan fingerprint density at radius 1 is 0.500 bits per heavy atom. The minimum absolute atomic E-state index is 0.0306. The van der Waals surface area contributed by atoms with E-state index in [1.54, 1.807) is 16.7 Å². The summed E-state index contributed by atoms with van der Waals surface area (Å²) in [7, 11) is 0. The van der Waals surface area contributed by atoms with Crippen molar-refractivity contribution in [3.8, 4) is 0 Å². The lowest BCUT2D eigenvalue weighted by Gasteiger charge is -2.72. The molecule has 8 bridgehead atoms. The summed E-state index contributed by atoms with van der Waals surface area (Å²) in [6, 6.07) is 36.3. The predicted molar refractivity (Wildman–Crippen MR) is 308 cm³/mol. The molecule has 1 aromatic heterocycles. The average Bonchev–Trinajstić information content (AvgIpc) is 3.85. The summed E-state index contributed by atoms with van der Waals surface area (Å²) in [5, 5.41) is 1.41. The molecule has 2 aliphatic heterocycles. The summed E-state index contributed by atoms with van der Waals surface area (Å²) >= 11 is 2.08. The van der Waals surface area contributed by atoms with Gasteiger partial charge in [-0.05, 0) is 235 Å². The molecule has 0 unspecified atom stereocenters. The number of benzene rings is 5. The second-order valence-corrected chi connectivity index (χ2v) is 31.7. The molecule has 3 heterocycles. The lowest BCUT2D eigenvalue weighted by Crippen LogP contribution is -2.66. The minimum atomic E-state index is 0.0306. The zero-order valence-electron chi connectivity index (χ0n) is 46.2. The first-order valence-corrected chi connectivity index (χ1v) is 29.4. The van der Waals surface area contributed by atoms with Gasteiger partial charge in [-0.1, -0.05) is 127 Å². The van der Waals surface area contributed by atoms with Gasteiger partial charge in [-0.2, -0.15) is 0 Å². The molecular weight excluding hydrogens is 888 g/mol. The molecule has 11 aliphatic rings. The van der Waals surface area contributed by atoms with Crippen LogP contribution in [0.2, 0.25) is 0 Å². The normalized spacial score (nSPS) is 30.8. The second kappa shape index (κ2) is 13.8. The fourth-order valence-electron chi connectivity index (χ4n) is 19.8. The standard InChI is InChI=1S/C68H79BN2S/c1-62(2,3)38-15-18-41(19-16-38)71-57-28-40(68-32-47-43-23-37-24-44(47)49(34-68)45(25-37)48(43)33-68)27-56-59(57)69(61-60(71)46-26-39(63(4,5)6)17-22-58(46)72-61)54-30-52-53(67(13,14)36-66(52,11)12)31-55(54)70(56)42-20-21-50-51(29-42)65(9,10)35-64(50,7)8/h15-22,26-31,37,43-45,47-49H,23-25,32-36H2,1-14H3. The topological polar surface area (TPSA) is 6.48 Å². The molecule has 72 heavy (non-hydrogen) atoms. The van der Waals surface area contributed by atoms with Crippen molar-refractivity contribution < 1.29 is 0 Å². The zero-order chi connectivity index (χ0) is 49.9. The maximum Gasteiger partial charge on any atom is 0.264 e. The van der Waals surface area contributed by atoms with Crippen molar-refractivity contribution in [1.29, 1.82) is 0 Å². The van der Waals surface area contributed by atoms with Crippen LogP contribution < -0.4 is 25.5 Å². The molecule has 5 aromatic carbocycles. The van der Waals surface area contributed by atoms with Gasteiger partial charge in [-0.15, -0.1) is 11.3 Å². The smallest absolute Gasteiger partial charge is 0.264 e. The molecular formula is C68H79BN2S. The molecule has 7 fully saturated rings. The van der Waals surface area contributed by atoms with Crippen molar-refractivity contribution in [2.75, 3.05) is 9.80 Å². The number of thiophene rings is 1. The maximum absolute atomic E-state index is 2.85. The Hall–Kier alpha value is -4.28. The van der Waals surface area contributed by atoms with Crippen molar-refractivity contribution in [3.05, 3.63) is 124 Å². The van der Waals surface area contributed by atoms with Crippen molar-refractivity contribution in [3.63, 3.8) is 0 Å². The molecule has 4 heteroatoms. The van der Waals surface area contributed by atoms with Crippen LogP contribution >= 0.6 is 11.3 Å². The van der Waals surface area contributed by atoms with Crippen molar-refractivity contribution >= 4 is 78.0 Å². The molecule has 7 saturated carbocycles. The van der Waals surface area contributed by atoms with Gasteiger partial charge in [0.2, 0.25) is 0 Å². The summed E-state index contributed by atoms with van der Waals surface area (Å²) in [4.78, 5) is 5.66. The second-order valence-electron chi connectivity index (χ2n) is 30.6. The third-order valence-electron chi connectivity index (χ3n) is 22.2. The number of nitrogens with zero attached hydrogens (tertiary/aromatic N) is 2. The Morgan fingerprint density at radius 2 is 1.01 bits per heavy atom. The van der Waals surface area contributed by atoms with Gasteiger partial charge in [0.1, 0.15) is 0 Å². The molecule has 0 N–H and O–H groups in total. The number of anilines is 6. The van der Waals surface area contributed by atoms with Gasteiger partial charge >= 0.3 is 0 Å². The van der Waals surface area contributed by atoms with Crippen LogP contribution in [0.1, 0.15) is 187 Å². The highest BCUT2D eigenvalue weighted by Crippen LogP contribution is 2.75. The van der Waals surface area contributed by atoms with E-state index in [2.05, 4.69) is 203 Å². The van der Waals surface area contributed by atoms with E-state index in [1.165, 1.54) is 127 Å². The monoisotopic (exact) mass is 967 g/mol. The Bertz CT molecular complexity index is 3300. The van der Waals surface area contributed by atoms with Crippen LogP contribution in [0.15, 0.2) is 84.9 Å². The van der Waals surface area contributed by atoms with E-state index < -0.39 is 0 Å². The van der Waals surface area contributed by atoms with Crippen LogP contribution in [-0.2, 0) is 37.9 Å². The lowest BCUT2D eigenvalue weighted by atomic mass is 9.32. The van der Waals surface area contributed by atoms with E-state index in [0.29, 0.717) is 0 Å². The molecule has 9 aliphatic carbocycles. The first-order valence-electron chi connectivity index (χ1n) is 28.6. The SMILES string of the molecule is CC(C)(C)c1ccc(N2c3cc(C45CC6C7CC8CC6C(C4)C(C8)C7C5)cc4c3B(c3cc5c(cc3N4c3ccc4c(c3)C(C)(C)CC4(C)C)C(C)(C)CC5(C)C)c3sc4ccc(C(C)(C)C)cc4c32)cc1. The van der Waals surface area contributed by atoms with Crippen molar-refractivity contribution in [2.45, 2.75) is 186 Å². The van der Waals surface area contributed by atoms with Crippen LogP contribution in [0.3, 0.4) is 0 Å². The van der Waals surface area contributed by atoms with E-state index >= 15 is 0 Å². The number of fused-ring (bicyclic) bond motifs is 8. The fourth-order valence-corrected chi connectivity index (χ4v) is 21.0. The van der Waals surface area contributed by atoms with Crippen LogP contribution in [0.5, 0.6) is 0 Å². The van der Waals surface area contributed by atoms with Crippen LogP contribution in [0.4, 0.5) is 34.1 Å². The van der Waals surface area contributed by atoms with E-state index in [9.17, 15) is 0 Å². The summed E-state index contributed by atoms with van der Waals surface area (Å²) in [5.74, 6) is 6.67. The summed E-state index contributed by atoms with van der Waals surface area (Å²) in [6.45, 7) is 34.5. The van der Waals surface area contributed by atoms with Crippen LogP contribution in [0.25, 0.3) is 10.1 Å². The van der Waals surface area contributed by atoms with Gasteiger partial charge in [0.05, 0.1) is 5.69 Å². The molecule has 0 saturated heterocycles. The number of rotatable bonds is 3. The number of hydrogen-bond donors (Lipinski definition) is 0. The van der Waals surface area contributed by atoms with Gasteiger partial charge in [0.25, 0.3) is 6.71 Å². The molecule has 0 radical (unpaired) electrons. The van der Waals surface area contributed by atoms with Crippen LogP contribution in [0, 0.1) is 41.4 Å². The van der Waals surface area contributed by atoms with Gasteiger partial charge in [-0.3, -0.25) is 0 Å². The van der Waals surface area contributed by atoms with Gasteiger partial charge in [0, 0.05) is 43.3 Å². The quantitative estimate of drug-likeness (QED) is 0.163. The first-order chi connectivity index (χ1) is 33.8. The van der Waals surface area contributed by atoms with E-state index in [4.69, 9.17) is 0 Å². The Morgan fingerprint density at radius 3 is 1.60 bits per heavy atom. The molecule has 0 spiro atoms. The van der Waals surface area contributed by atoms with Crippen LogP contribution in [-0.4, -0.2) is 6.71 Å². The number of hydrogen-bond acceptors (Lipinski definition) is 3. The highest BCUT2D eigenvalue weighted by molar-refractivity contribution is 7.33. The minimum Gasteiger partial charge on any atom is -0.311 e. The molecule has 6 aromatic rings. The predicted octanol–water partition coefficient (Wildman–Crippen LogP) is 16.5. The van der Waals surface area contributed by atoms with Crippen molar-refractivity contribution in [1.82, 2.24) is 0 Å². The Labute approximate surface area is 436 Å². The fraction of sp³-hybridized carbons (Fsp3) is 0.529. The molecule has 370 valence electrons. The molecule has 17 rings (SSSR count). The molecule has 2 nitrogen and oxygen atoms in total. The van der Waals surface area contributed by atoms with E-state index in [1.807, 2.05) is 0 Å². The highest BCUT2D eigenvalue weighted by atomic mass is 32.1. The average molecular weight is 967 g/mol. The summed E-state index contributed by atoms with van der Waals surface area (Å²) in [6.07, 6.45) is 11.1. The largest absolute Gasteiger partial charge is 0.311 e. The molecule has 0 atom stereocenters. The summed E-state index contributed by atoms with van der Waals surface area (Å²) < 4.78 is 2.91. The van der Waals surface area contributed by atoms with Gasteiger partial charge in [-0.25, -0.2) is 0 Å². The van der Waals surface area contributed by atoms with E-state index in [0.717, 1.165) is 47.8 Å². The lowest BCUT2D eigenvalue weighted by molar-refractivity contribution is -0.212. The van der Waals surface area contributed by atoms with E-state index in [-0.39, 0.29) is 44.6 Å². The molecule has 0 amide bonds. The van der Waals surface area contributed by atoms with Gasteiger partial charge < -0.3 is 9.80 Å². The third kappa shape index (κ3) is 5.86.